The molecule has 0 unspecified atom stereocenters. The first kappa shape index (κ1) is 14.1. The Morgan fingerprint density at radius 3 is 3.05 bits per heavy atom. The molecule has 3 heterocycles. The maximum Gasteiger partial charge on any atom is 0.312 e. The second-order valence-electron chi connectivity index (χ2n) is 4.91. The van der Waals surface area contributed by atoms with Crippen molar-refractivity contribution in [3.63, 3.8) is 0 Å². The first-order chi connectivity index (χ1) is 10.6. The Hall–Kier alpha value is -2.90. The van der Waals surface area contributed by atoms with E-state index < -0.39 is 6.03 Å². The number of amides is 3. The summed E-state index contributed by atoms with van der Waals surface area (Å²) in [5, 5.41) is 2.29. The van der Waals surface area contributed by atoms with Gasteiger partial charge in [0.15, 0.2) is 0 Å². The highest BCUT2D eigenvalue weighted by atomic mass is 16.4. The summed E-state index contributed by atoms with van der Waals surface area (Å²) in [4.78, 5) is 32.7. The van der Waals surface area contributed by atoms with Crippen LogP contribution in [0.5, 0.6) is 0 Å². The van der Waals surface area contributed by atoms with Gasteiger partial charge in [0.1, 0.15) is 11.5 Å². The van der Waals surface area contributed by atoms with Gasteiger partial charge in [-0.05, 0) is 12.1 Å². The lowest BCUT2D eigenvalue weighted by Crippen LogP contribution is -2.43. The number of aromatic nitrogens is 2. The van der Waals surface area contributed by atoms with Crippen LogP contribution in [0.2, 0.25) is 0 Å². The van der Waals surface area contributed by atoms with E-state index in [1.165, 1.54) is 0 Å². The number of hydrogen-bond acceptors (Lipinski definition) is 5. The molecule has 3 amide bonds. The molecule has 8 nitrogen and oxygen atoms in total. The molecule has 2 aromatic heterocycles. The van der Waals surface area contributed by atoms with Crippen LogP contribution in [-0.4, -0.2) is 39.9 Å². The Morgan fingerprint density at radius 1 is 1.45 bits per heavy atom. The fourth-order valence-electron chi connectivity index (χ4n) is 2.30. The number of nitrogens with one attached hydrogen (secondary N) is 1. The molecular formula is C14H15N5O3. The summed E-state index contributed by atoms with van der Waals surface area (Å²) in [7, 11) is 0. The second-order valence-corrected chi connectivity index (χ2v) is 4.91. The molecule has 1 aliphatic heterocycles. The van der Waals surface area contributed by atoms with E-state index in [0.29, 0.717) is 25.4 Å². The molecule has 0 aromatic carbocycles. The van der Waals surface area contributed by atoms with E-state index in [0.717, 1.165) is 17.0 Å². The molecule has 0 fully saturated rings. The number of nitrogens with zero attached hydrogens (tertiary/aromatic N) is 3. The zero-order chi connectivity index (χ0) is 15.5. The van der Waals surface area contributed by atoms with Gasteiger partial charge in [0.2, 0.25) is 11.8 Å². The monoisotopic (exact) mass is 301 g/mol. The number of rotatable bonds is 3. The van der Waals surface area contributed by atoms with E-state index in [-0.39, 0.29) is 12.5 Å². The smallest absolute Gasteiger partial charge is 0.312 e. The predicted molar refractivity (Wildman–Crippen MR) is 76.4 cm³/mol. The van der Waals surface area contributed by atoms with Crippen LogP contribution in [0.3, 0.4) is 0 Å². The van der Waals surface area contributed by atoms with E-state index in [2.05, 4.69) is 15.3 Å². The normalized spacial score (nSPS) is 13.5. The van der Waals surface area contributed by atoms with Crippen LogP contribution < -0.4 is 11.1 Å². The highest BCUT2D eigenvalue weighted by Gasteiger charge is 2.25. The maximum absolute atomic E-state index is 12.0. The molecule has 3 N–H and O–H groups in total. The number of urea groups is 1. The summed E-state index contributed by atoms with van der Waals surface area (Å²) >= 11 is 0. The van der Waals surface area contributed by atoms with Crippen LogP contribution in [0.15, 0.2) is 28.9 Å². The molecule has 0 atom stereocenters. The van der Waals surface area contributed by atoms with Crippen molar-refractivity contribution in [2.75, 3.05) is 13.1 Å². The third-order valence-electron chi connectivity index (χ3n) is 3.40. The largest absolute Gasteiger partial charge is 0.441 e. The number of carbonyl (C=O) groups excluding carboxylic acids is 2. The fraction of sp³-hybridized carbons (Fsp3) is 0.286. The van der Waals surface area contributed by atoms with Crippen LogP contribution in [0.25, 0.3) is 11.5 Å². The second kappa shape index (κ2) is 5.84. The van der Waals surface area contributed by atoms with Crippen LogP contribution in [0, 0.1) is 0 Å². The number of pyridine rings is 1. The maximum atomic E-state index is 12.0. The molecule has 114 valence electrons. The molecule has 3 rings (SSSR count). The first-order valence-corrected chi connectivity index (χ1v) is 6.83. The fourth-order valence-corrected chi connectivity index (χ4v) is 2.30. The van der Waals surface area contributed by atoms with Crippen molar-refractivity contribution in [1.82, 2.24) is 20.2 Å². The third-order valence-corrected chi connectivity index (χ3v) is 3.40. The third kappa shape index (κ3) is 2.90. The van der Waals surface area contributed by atoms with Crippen molar-refractivity contribution in [2.45, 2.75) is 13.0 Å². The van der Waals surface area contributed by atoms with Crippen molar-refractivity contribution in [2.24, 2.45) is 5.73 Å². The van der Waals surface area contributed by atoms with Gasteiger partial charge in [-0.1, -0.05) is 0 Å². The average Bonchev–Trinajstić information content (AvgIpc) is 2.96. The quantitative estimate of drug-likeness (QED) is 0.845. The average molecular weight is 301 g/mol. The van der Waals surface area contributed by atoms with Gasteiger partial charge in [-0.15, -0.1) is 0 Å². The Balaban J connectivity index is 1.72. The van der Waals surface area contributed by atoms with E-state index in [4.69, 9.17) is 10.2 Å². The van der Waals surface area contributed by atoms with Gasteiger partial charge in [0.05, 0.1) is 18.7 Å². The molecule has 0 spiro atoms. The molecule has 22 heavy (non-hydrogen) atoms. The lowest BCUT2D eigenvalue weighted by Gasteiger charge is -2.25. The minimum Gasteiger partial charge on any atom is -0.441 e. The molecule has 0 saturated carbocycles. The Kier molecular flexibility index (Phi) is 3.73. The van der Waals surface area contributed by atoms with Crippen LogP contribution in [0.1, 0.15) is 11.5 Å². The molecule has 0 saturated heterocycles. The molecule has 0 radical (unpaired) electrons. The minimum atomic E-state index is -0.716. The van der Waals surface area contributed by atoms with E-state index in [1.54, 1.807) is 17.3 Å². The summed E-state index contributed by atoms with van der Waals surface area (Å²) in [6.07, 6.45) is 3.94. The van der Waals surface area contributed by atoms with E-state index >= 15 is 0 Å². The summed E-state index contributed by atoms with van der Waals surface area (Å²) in [5.74, 6) is 1.09. The van der Waals surface area contributed by atoms with Crippen LogP contribution in [0.4, 0.5) is 4.79 Å². The van der Waals surface area contributed by atoms with Gasteiger partial charge < -0.3 is 20.4 Å². The van der Waals surface area contributed by atoms with Crippen LogP contribution >= 0.6 is 0 Å². The first-order valence-electron chi connectivity index (χ1n) is 6.83. The van der Waals surface area contributed by atoms with Gasteiger partial charge in [-0.25, -0.2) is 9.78 Å². The predicted octanol–water partition coefficient (Wildman–Crippen LogP) is 0.290. The van der Waals surface area contributed by atoms with Gasteiger partial charge in [0, 0.05) is 25.4 Å². The van der Waals surface area contributed by atoms with Crippen LogP contribution in [-0.2, 0) is 17.8 Å². The van der Waals surface area contributed by atoms with Gasteiger partial charge in [0.25, 0.3) is 0 Å². The van der Waals surface area contributed by atoms with Crippen molar-refractivity contribution >= 4 is 11.9 Å². The zero-order valence-corrected chi connectivity index (χ0v) is 11.8. The topological polar surface area (TPSA) is 114 Å². The Morgan fingerprint density at radius 2 is 2.32 bits per heavy atom. The summed E-state index contributed by atoms with van der Waals surface area (Å²) in [6.45, 7) is 0.768. The molecule has 8 heteroatoms. The van der Waals surface area contributed by atoms with E-state index in [1.807, 2.05) is 12.1 Å². The number of primary amides is 1. The number of fused-ring (bicyclic) bond motifs is 1. The van der Waals surface area contributed by atoms with Crippen molar-refractivity contribution < 1.29 is 14.0 Å². The zero-order valence-electron chi connectivity index (χ0n) is 11.8. The number of nitrogens with two attached hydrogens (primary N) is 1. The van der Waals surface area contributed by atoms with Crippen molar-refractivity contribution in [3.8, 4) is 11.5 Å². The molecule has 1 aliphatic rings. The van der Waals surface area contributed by atoms with Crippen molar-refractivity contribution in [3.05, 3.63) is 36.0 Å². The number of hydrogen-bond donors (Lipinski definition) is 2. The number of oxazole rings is 1. The number of carbonyl (C=O) groups is 2. The standard InChI is InChI=1S/C14H15N5O3/c15-14(21)17-7-12(20)19-5-3-11-10(8-19)18-13(22-11)9-2-1-4-16-6-9/h1-2,4,6H,3,5,7-8H2,(H3,15,17,21). The minimum absolute atomic E-state index is 0.113. The lowest BCUT2D eigenvalue weighted by molar-refractivity contribution is -0.131. The molecule has 0 bridgehead atoms. The SMILES string of the molecule is NC(=O)NCC(=O)N1CCc2oc(-c3cccnc3)nc2C1. The van der Waals surface area contributed by atoms with Crippen molar-refractivity contribution in [1.29, 1.82) is 0 Å². The van der Waals surface area contributed by atoms with Gasteiger partial charge in [-0.2, -0.15) is 0 Å². The molecular weight excluding hydrogens is 286 g/mol. The van der Waals surface area contributed by atoms with E-state index in [9.17, 15) is 9.59 Å². The Labute approximate surface area is 126 Å². The highest BCUT2D eigenvalue weighted by molar-refractivity contribution is 5.83. The highest BCUT2D eigenvalue weighted by Crippen LogP contribution is 2.25. The summed E-state index contributed by atoms with van der Waals surface area (Å²) in [6, 6.07) is 2.96. The Bertz CT molecular complexity index is 698. The summed E-state index contributed by atoms with van der Waals surface area (Å²) < 4.78 is 5.74. The molecule has 0 aliphatic carbocycles. The summed E-state index contributed by atoms with van der Waals surface area (Å²) in [5.41, 5.74) is 6.49. The lowest BCUT2D eigenvalue weighted by atomic mass is 10.1. The van der Waals surface area contributed by atoms with Gasteiger partial charge in [-0.3, -0.25) is 9.78 Å². The molecule has 2 aromatic rings. The van der Waals surface area contributed by atoms with Gasteiger partial charge >= 0.3 is 6.03 Å².